The maximum Gasteiger partial charge on any atom is 0.330 e. The predicted octanol–water partition coefficient (Wildman–Crippen LogP) is 0.132. The number of nitrogens with zero attached hydrogens (tertiary/aromatic N) is 4. The summed E-state index contributed by atoms with van der Waals surface area (Å²) in [4.78, 5) is 19.8. The lowest BCUT2D eigenvalue weighted by Crippen LogP contribution is -2.23. The quantitative estimate of drug-likeness (QED) is 0.775. The Morgan fingerprint density at radius 2 is 2.25 bits per heavy atom. The Balaban J connectivity index is 2.71. The van der Waals surface area contributed by atoms with Gasteiger partial charge in [0.15, 0.2) is 10.8 Å². The van der Waals surface area contributed by atoms with Gasteiger partial charge < -0.3 is 5.73 Å². The van der Waals surface area contributed by atoms with Crippen LogP contribution in [0, 0.1) is 0 Å². The molecule has 0 spiro atoms. The zero-order valence-electron chi connectivity index (χ0n) is 8.85. The van der Waals surface area contributed by atoms with Crippen molar-refractivity contribution >= 4 is 22.8 Å². The molecule has 2 heterocycles. The van der Waals surface area contributed by atoms with Crippen LogP contribution in [0.2, 0.25) is 5.15 Å². The minimum atomic E-state index is -0.147. The van der Waals surface area contributed by atoms with Gasteiger partial charge in [-0.2, -0.15) is 0 Å². The number of halogens is 1. The van der Waals surface area contributed by atoms with Crippen LogP contribution in [0.4, 0.5) is 0 Å². The lowest BCUT2D eigenvalue weighted by atomic mass is 10.4. The lowest BCUT2D eigenvalue weighted by Gasteiger charge is -2.01. The van der Waals surface area contributed by atoms with Gasteiger partial charge in [0.2, 0.25) is 0 Å². The SMILES string of the molecule is Cn1c(=O)n(CCCN)c2c(Cl)ncnc21. The van der Waals surface area contributed by atoms with Crippen LogP contribution in [0.3, 0.4) is 0 Å². The van der Waals surface area contributed by atoms with Gasteiger partial charge in [-0.1, -0.05) is 11.6 Å². The molecule has 0 aliphatic carbocycles. The van der Waals surface area contributed by atoms with Crippen LogP contribution in [-0.4, -0.2) is 25.6 Å². The average molecular weight is 242 g/mol. The van der Waals surface area contributed by atoms with E-state index in [0.717, 1.165) is 0 Å². The predicted molar refractivity (Wildman–Crippen MR) is 61.5 cm³/mol. The lowest BCUT2D eigenvalue weighted by molar-refractivity contribution is 0.630. The third-order valence-electron chi connectivity index (χ3n) is 2.45. The van der Waals surface area contributed by atoms with Gasteiger partial charge in [0.05, 0.1) is 0 Å². The minimum absolute atomic E-state index is 0.147. The first-order valence-electron chi connectivity index (χ1n) is 4.92. The van der Waals surface area contributed by atoms with Crippen molar-refractivity contribution in [2.75, 3.05) is 6.54 Å². The Kier molecular flexibility index (Phi) is 2.93. The molecule has 2 rings (SSSR count). The average Bonchev–Trinajstić information content (AvgIpc) is 2.52. The molecule has 6 nitrogen and oxygen atoms in total. The first-order valence-corrected chi connectivity index (χ1v) is 5.30. The van der Waals surface area contributed by atoms with Crippen molar-refractivity contribution < 1.29 is 0 Å². The molecule has 0 aliphatic rings. The topological polar surface area (TPSA) is 78.7 Å². The zero-order valence-corrected chi connectivity index (χ0v) is 9.61. The molecule has 0 saturated carbocycles. The van der Waals surface area contributed by atoms with Crippen LogP contribution in [0.1, 0.15) is 6.42 Å². The summed E-state index contributed by atoms with van der Waals surface area (Å²) in [5.74, 6) is 0. The second kappa shape index (κ2) is 4.23. The molecular formula is C9H12ClN5O. The Hall–Kier alpha value is -1.40. The highest BCUT2D eigenvalue weighted by molar-refractivity contribution is 6.33. The molecule has 0 bridgehead atoms. The molecule has 0 unspecified atom stereocenters. The minimum Gasteiger partial charge on any atom is -0.330 e. The van der Waals surface area contributed by atoms with Gasteiger partial charge in [0.1, 0.15) is 11.8 Å². The number of hydrogen-bond donors (Lipinski definition) is 1. The van der Waals surface area contributed by atoms with Gasteiger partial charge in [-0.25, -0.2) is 14.8 Å². The van der Waals surface area contributed by atoms with E-state index < -0.39 is 0 Å². The smallest absolute Gasteiger partial charge is 0.330 e. The van der Waals surface area contributed by atoms with Crippen LogP contribution < -0.4 is 11.4 Å². The molecule has 2 aromatic heterocycles. The molecule has 0 amide bonds. The maximum atomic E-state index is 11.9. The molecule has 0 aliphatic heterocycles. The number of imidazole rings is 1. The van der Waals surface area contributed by atoms with Gasteiger partial charge in [0.25, 0.3) is 0 Å². The molecule has 0 aromatic carbocycles. The van der Waals surface area contributed by atoms with Crippen molar-refractivity contribution in [3.8, 4) is 0 Å². The van der Waals surface area contributed by atoms with Crippen molar-refractivity contribution in [1.29, 1.82) is 0 Å². The Bertz CT molecular complexity index is 573. The fourth-order valence-electron chi connectivity index (χ4n) is 1.65. The van der Waals surface area contributed by atoms with Crippen LogP contribution in [0.5, 0.6) is 0 Å². The molecule has 7 heteroatoms. The molecule has 0 saturated heterocycles. The summed E-state index contributed by atoms with van der Waals surface area (Å²) in [6.45, 7) is 1.05. The van der Waals surface area contributed by atoms with E-state index in [1.165, 1.54) is 10.9 Å². The second-order valence-corrected chi connectivity index (χ2v) is 3.83. The van der Waals surface area contributed by atoms with E-state index in [1.807, 2.05) is 0 Å². The number of fused-ring (bicyclic) bond motifs is 1. The number of hydrogen-bond acceptors (Lipinski definition) is 4. The Morgan fingerprint density at radius 1 is 1.50 bits per heavy atom. The van der Waals surface area contributed by atoms with Crippen LogP contribution in [-0.2, 0) is 13.6 Å². The number of aromatic nitrogens is 4. The van der Waals surface area contributed by atoms with Gasteiger partial charge in [-0.15, -0.1) is 0 Å². The van der Waals surface area contributed by atoms with E-state index in [4.69, 9.17) is 17.3 Å². The highest BCUT2D eigenvalue weighted by atomic mass is 35.5. The maximum absolute atomic E-state index is 11.9. The first-order chi connectivity index (χ1) is 7.66. The van der Waals surface area contributed by atoms with E-state index in [0.29, 0.717) is 35.8 Å². The highest BCUT2D eigenvalue weighted by Gasteiger charge is 2.14. The Labute approximate surface area is 96.7 Å². The molecule has 2 N–H and O–H groups in total. The molecule has 16 heavy (non-hydrogen) atoms. The summed E-state index contributed by atoms with van der Waals surface area (Å²) >= 11 is 5.97. The Morgan fingerprint density at radius 3 is 2.94 bits per heavy atom. The van der Waals surface area contributed by atoms with Crippen molar-refractivity contribution in [2.24, 2.45) is 12.8 Å². The van der Waals surface area contributed by atoms with E-state index in [2.05, 4.69) is 9.97 Å². The van der Waals surface area contributed by atoms with Crippen LogP contribution >= 0.6 is 11.6 Å². The molecule has 2 aromatic rings. The second-order valence-electron chi connectivity index (χ2n) is 3.47. The molecule has 0 fully saturated rings. The van der Waals surface area contributed by atoms with Crippen molar-refractivity contribution in [3.63, 3.8) is 0 Å². The third kappa shape index (κ3) is 1.60. The van der Waals surface area contributed by atoms with Crippen molar-refractivity contribution in [1.82, 2.24) is 19.1 Å². The highest BCUT2D eigenvalue weighted by Crippen LogP contribution is 2.17. The van der Waals surface area contributed by atoms with E-state index in [-0.39, 0.29) is 5.69 Å². The largest absolute Gasteiger partial charge is 0.330 e. The van der Waals surface area contributed by atoms with Gasteiger partial charge >= 0.3 is 5.69 Å². The summed E-state index contributed by atoms with van der Waals surface area (Å²) in [7, 11) is 1.66. The summed E-state index contributed by atoms with van der Waals surface area (Å²) in [5, 5.41) is 0.291. The monoisotopic (exact) mass is 241 g/mol. The fraction of sp³-hybridized carbons (Fsp3) is 0.444. The first kappa shape index (κ1) is 11.1. The van der Waals surface area contributed by atoms with E-state index in [1.54, 1.807) is 11.6 Å². The molecule has 86 valence electrons. The summed E-state index contributed by atoms with van der Waals surface area (Å²) in [6.07, 6.45) is 2.06. The molecular weight excluding hydrogens is 230 g/mol. The van der Waals surface area contributed by atoms with E-state index in [9.17, 15) is 4.79 Å². The number of nitrogens with two attached hydrogens (primary N) is 1. The molecule has 0 atom stereocenters. The number of rotatable bonds is 3. The van der Waals surface area contributed by atoms with Crippen LogP contribution in [0.25, 0.3) is 11.2 Å². The van der Waals surface area contributed by atoms with E-state index >= 15 is 0 Å². The normalized spacial score (nSPS) is 11.2. The zero-order chi connectivity index (χ0) is 11.7. The number of aryl methyl sites for hydroxylation is 2. The summed E-state index contributed by atoms with van der Waals surface area (Å²) in [5.41, 5.74) is 6.40. The van der Waals surface area contributed by atoms with Gasteiger partial charge in [-0.05, 0) is 13.0 Å². The standard InChI is InChI=1S/C9H12ClN5O/c1-14-8-6(7(10)12-5-13-8)15(9(14)16)4-2-3-11/h5H,2-4,11H2,1H3. The fourth-order valence-corrected chi connectivity index (χ4v) is 1.88. The van der Waals surface area contributed by atoms with Crippen LogP contribution in [0.15, 0.2) is 11.1 Å². The van der Waals surface area contributed by atoms with Crippen molar-refractivity contribution in [3.05, 3.63) is 22.0 Å². The summed E-state index contributed by atoms with van der Waals surface area (Å²) in [6, 6.07) is 0. The van der Waals surface area contributed by atoms with Crippen molar-refractivity contribution in [2.45, 2.75) is 13.0 Å². The van der Waals surface area contributed by atoms with Gasteiger partial charge in [-0.3, -0.25) is 9.13 Å². The van der Waals surface area contributed by atoms with Gasteiger partial charge in [0, 0.05) is 13.6 Å². The third-order valence-corrected chi connectivity index (χ3v) is 2.73. The molecule has 0 radical (unpaired) electrons. The summed E-state index contributed by atoms with van der Waals surface area (Å²) < 4.78 is 3.02.